The number of hydrogen-bond acceptors (Lipinski definition) is 3. The maximum absolute atomic E-state index is 5.82. The molecule has 0 saturated heterocycles. The summed E-state index contributed by atoms with van der Waals surface area (Å²) in [6, 6.07) is 56.8. The number of hydrogen-bond donors (Lipinski definition) is 2. The van der Waals surface area contributed by atoms with E-state index in [1.54, 1.807) is 6.20 Å². The molecule has 7 aromatic carbocycles. The molecular weight excluding hydrogens is 681 g/mol. The molecule has 56 heavy (non-hydrogen) atoms. The van der Waals surface area contributed by atoms with Crippen molar-refractivity contribution in [2.45, 2.75) is 26.2 Å². The van der Waals surface area contributed by atoms with Crippen molar-refractivity contribution in [3.63, 3.8) is 0 Å². The number of anilines is 5. The van der Waals surface area contributed by atoms with Gasteiger partial charge in [-0.25, -0.2) is 0 Å². The first-order valence-electron chi connectivity index (χ1n) is 19.2. The average molecular weight is 725 g/mol. The molecule has 0 fully saturated rings. The first-order valence-corrected chi connectivity index (χ1v) is 19.2. The van der Waals surface area contributed by atoms with E-state index in [1.165, 1.54) is 22.3 Å². The van der Waals surface area contributed by atoms with Crippen molar-refractivity contribution < 1.29 is 0 Å². The Kier molecular flexibility index (Phi) is 8.67. The Morgan fingerprint density at radius 1 is 0.679 bits per heavy atom. The van der Waals surface area contributed by atoms with Crippen molar-refractivity contribution in [2.24, 2.45) is 5.73 Å². The van der Waals surface area contributed by atoms with Gasteiger partial charge in [-0.2, -0.15) is 0 Å². The van der Waals surface area contributed by atoms with E-state index in [1.807, 2.05) is 37.3 Å². The van der Waals surface area contributed by atoms with Gasteiger partial charge >= 0.3 is 0 Å². The zero-order valence-corrected chi connectivity index (χ0v) is 32.0. The van der Waals surface area contributed by atoms with Crippen LogP contribution in [0.2, 0.25) is 0 Å². The third-order valence-electron chi connectivity index (χ3n) is 11.4. The van der Waals surface area contributed by atoms with Crippen LogP contribution >= 0.6 is 0 Å². The van der Waals surface area contributed by atoms with Crippen LogP contribution in [0.1, 0.15) is 43.0 Å². The number of allylic oxidation sites excluding steroid dienone is 3. The predicted octanol–water partition coefficient (Wildman–Crippen LogP) is 13.8. The van der Waals surface area contributed by atoms with E-state index in [9.17, 15) is 0 Å². The molecule has 9 rings (SSSR count). The summed E-state index contributed by atoms with van der Waals surface area (Å²) in [5.41, 5.74) is 22.9. The van der Waals surface area contributed by atoms with Gasteiger partial charge in [-0.3, -0.25) is 0 Å². The van der Waals surface area contributed by atoms with Crippen molar-refractivity contribution >= 4 is 61.9 Å². The molecule has 3 N–H and O–H groups in total. The highest BCUT2D eigenvalue weighted by Crippen LogP contribution is 2.51. The van der Waals surface area contributed by atoms with Crippen LogP contribution in [-0.4, -0.2) is 4.57 Å². The van der Waals surface area contributed by atoms with E-state index in [4.69, 9.17) is 5.73 Å². The normalized spacial score (nSPS) is 13.2. The summed E-state index contributed by atoms with van der Waals surface area (Å²) in [7, 11) is 0. The number of nitrogens with zero attached hydrogens (tertiary/aromatic N) is 2. The van der Waals surface area contributed by atoms with E-state index >= 15 is 0 Å². The average Bonchev–Trinajstić information content (AvgIpc) is 3.69. The van der Waals surface area contributed by atoms with Gasteiger partial charge in [0.15, 0.2) is 0 Å². The second kappa shape index (κ2) is 14.0. The van der Waals surface area contributed by atoms with Gasteiger partial charge in [-0.1, -0.05) is 118 Å². The number of aromatic nitrogens is 1. The summed E-state index contributed by atoms with van der Waals surface area (Å²) < 4.78 is 2.37. The highest BCUT2D eigenvalue weighted by molar-refractivity contribution is 6.14. The third-order valence-corrected chi connectivity index (χ3v) is 11.4. The van der Waals surface area contributed by atoms with Gasteiger partial charge in [0.2, 0.25) is 0 Å². The topological polar surface area (TPSA) is 46.2 Å². The third kappa shape index (κ3) is 5.70. The van der Waals surface area contributed by atoms with E-state index in [0.717, 1.165) is 72.6 Å². The van der Waals surface area contributed by atoms with E-state index in [0.29, 0.717) is 0 Å². The van der Waals surface area contributed by atoms with Crippen LogP contribution < -0.4 is 16.0 Å². The van der Waals surface area contributed by atoms with Gasteiger partial charge < -0.3 is 20.5 Å². The summed E-state index contributed by atoms with van der Waals surface area (Å²) in [6.07, 6.45) is 7.61. The van der Waals surface area contributed by atoms with Gasteiger partial charge in [-0.05, 0) is 125 Å². The number of para-hydroxylation sites is 2. The summed E-state index contributed by atoms with van der Waals surface area (Å²) in [4.78, 5) is 2.39. The molecule has 0 aliphatic heterocycles. The minimum absolute atomic E-state index is 0.132. The standard InChI is InChI=1S/C52H44N4/c1-5-35(31-32-53)36-21-23-39(24-22-36)55(41-25-27-44-43-19-13-14-20-47(43)52(3,4)48(44)34-41)40-26-30-50-46(33-40)45-28-29-49(54-37-15-9-7-10-16-37)42(6-2)51(45)56(50)38-17-11-8-12-18-38/h5-34,54H,2,53H2,1,3-4H3/b32-31-,35-5+. The lowest BCUT2D eigenvalue weighted by atomic mass is 9.82. The zero-order valence-electron chi connectivity index (χ0n) is 32.0. The minimum Gasteiger partial charge on any atom is -0.405 e. The fourth-order valence-electron chi connectivity index (χ4n) is 8.64. The molecule has 4 nitrogen and oxygen atoms in total. The van der Waals surface area contributed by atoms with Crippen LogP contribution in [0.5, 0.6) is 0 Å². The molecule has 0 unspecified atom stereocenters. The Bertz CT molecular complexity index is 2820. The molecule has 0 atom stereocenters. The van der Waals surface area contributed by atoms with Crippen molar-refractivity contribution in [2.75, 3.05) is 10.2 Å². The lowest BCUT2D eigenvalue weighted by Gasteiger charge is -2.28. The minimum atomic E-state index is -0.132. The maximum Gasteiger partial charge on any atom is 0.0634 e. The van der Waals surface area contributed by atoms with Gasteiger partial charge in [0.25, 0.3) is 0 Å². The maximum atomic E-state index is 5.82. The van der Waals surface area contributed by atoms with Crippen LogP contribution in [0.4, 0.5) is 28.4 Å². The molecule has 0 saturated carbocycles. The molecule has 0 spiro atoms. The van der Waals surface area contributed by atoms with Crippen LogP contribution in [0, 0.1) is 0 Å². The summed E-state index contributed by atoms with van der Waals surface area (Å²) in [6.45, 7) is 11.1. The second-order valence-electron chi connectivity index (χ2n) is 14.9. The second-order valence-corrected chi connectivity index (χ2v) is 14.9. The van der Waals surface area contributed by atoms with Crippen LogP contribution in [-0.2, 0) is 5.41 Å². The van der Waals surface area contributed by atoms with Crippen molar-refractivity contribution in [1.82, 2.24) is 4.57 Å². The fourth-order valence-corrected chi connectivity index (χ4v) is 8.64. The molecule has 4 heteroatoms. The Balaban J connectivity index is 1.27. The molecule has 0 radical (unpaired) electrons. The predicted molar refractivity (Wildman–Crippen MR) is 240 cm³/mol. The molecule has 1 aromatic heterocycles. The van der Waals surface area contributed by atoms with E-state index in [-0.39, 0.29) is 5.41 Å². The number of nitrogens with two attached hydrogens (primary N) is 1. The lowest BCUT2D eigenvalue weighted by molar-refractivity contribution is 0.660. The van der Waals surface area contributed by atoms with Crippen molar-refractivity contribution in [3.8, 4) is 16.8 Å². The number of rotatable bonds is 9. The Morgan fingerprint density at radius 3 is 2.07 bits per heavy atom. The Morgan fingerprint density at radius 2 is 1.34 bits per heavy atom. The Hall–Kier alpha value is -7.04. The van der Waals surface area contributed by atoms with Gasteiger partial charge in [-0.15, -0.1) is 0 Å². The number of fused-ring (bicyclic) bond motifs is 6. The number of benzene rings is 7. The van der Waals surface area contributed by atoms with Gasteiger partial charge in [0.05, 0.1) is 11.0 Å². The zero-order chi connectivity index (χ0) is 38.4. The van der Waals surface area contributed by atoms with Crippen LogP contribution in [0.15, 0.2) is 183 Å². The number of nitrogens with one attached hydrogen (secondary N) is 1. The molecule has 0 bridgehead atoms. The molecule has 8 aromatic rings. The van der Waals surface area contributed by atoms with Crippen molar-refractivity contribution in [1.29, 1.82) is 0 Å². The van der Waals surface area contributed by atoms with Gasteiger partial charge in [0, 0.05) is 55.9 Å². The summed E-state index contributed by atoms with van der Waals surface area (Å²) >= 11 is 0. The smallest absolute Gasteiger partial charge is 0.0634 e. The summed E-state index contributed by atoms with van der Waals surface area (Å²) in [5, 5.41) is 5.98. The fraction of sp³-hybridized carbons (Fsp3) is 0.0769. The lowest BCUT2D eigenvalue weighted by Crippen LogP contribution is -2.16. The Labute approximate surface area is 329 Å². The summed E-state index contributed by atoms with van der Waals surface area (Å²) in [5.74, 6) is 0. The van der Waals surface area contributed by atoms with Crippen molar-refractivity contribution in [3.05, 3.63) is 205 Å². The highest BCUT2D eigenvalue weighted by atomic mass is 15.1. The molecular formula is C52H44N4. The molecule has 0 amide bonds. The van der Waals surface area contributed by atoms with Crippen LogP contribution in [0.3, 0.4) is 0 Å². The SMILES string of the molecule is C=Cc1c(Nc2ccccc2)ccc2c3cc(N(c4ccc(C(/C=C\N)=C/C)cc4)c4ccc5c(c4)C(C)(C)c4ccccc4-5)ccc3n(-c3ccccc3)c12. The first kappa shape index (κ1) is 34.7. The highest BCUT2D eigenvalue weighted by Gasteiger charge is 2.35. The van der Waals surface area contributed by atoms with Gasteiger partial charge in [0.1, 0.15) is 0 Å². The van der Waals surface area contributed by atoms with Crippen LogP contribution in [0.25, 0.3) is 50.3 Å². The molecule has 1 heterocycles. The molecule has 272 valence electrons. The largest absolute Gasteiger partial charge is 0.405 e. The molecule has 1 aliphatic carbocycles. The monoisotopic (exact) mass is 724 g/mol. The van der Waals surface area contributed by atoms with E-state index < -0.39 is 0 Å². The van der Waals surface area contributed by atoms with E-state index in [2.05, 4.69) is 181 Å². The molecule has 1 aliphatic rings. The first-order chi connectivity index (χ1) is 27.4. The quantitative estimate of drug-likeness (QED) is 0.146.